The Morgan fingerprint density at radius 2 is 2.35 bits per heavy atom. The van der Waals surface area contributed by atoms with Crippen molar-refractivity contribution in [1.29, 1.82) is 0 Å². The van der Waals surface area contributed by atoms with Crippen molar-refractivity contribution in [3.63, 3.8) is 0 Å². The Hall–Kier alpha value is -1.36. The van der Waals surface area contributed by atoms with Gasteiger partial charge in [0.05, 0.1) is 5.69 Å². The molecule has 0 aliphatic carbocycles. The van der Waals surface area contributed by atoms with Gasteiger partial charge in [0.1, 0.15) is 5.75 Å². The second-order valence-electron chi connectivity index (χ2n) is 3.84. The van der Waals surface area contributed by atoms with Crippen molar-refractivity contribution < 1.29 is 9.53 Å². The Kier molecular flexibility index (Phi) is 3.78. The van der Waals surface area contributed by atoms with Gasteiger partial charge in [-0.05, 0) is 30.4 Å². The monoisotopic (exact) mass is 252 g/mol. The summed E-state index contributed by atoms with van der Waals surface area (Å²) in [5.41, 5.74) is 1.81. The van der Waals surface area contributed by atoms with Gasteiger partial charge in [0.25, 0.3) is 5.91 Å². The number of carbonyl (C=O) groups is 1. The smallest absolute Gasteiger partial charge is 0.265 e. The van der Waals surface area contributed by atoms with E-state index in [-0.39, 0.29) is 12.5 Å². The summed E-state index contributed by atoms with van der Waals surface area (Å²) < 4.78 is 5.41. The first-order chi connectivity index (χ1) is 8.26. The number of fused-ring (bicyclic) bond motifs is 1. The van der Waals surface area contributed by atoms with Crippen molar-refractivity contribution in [2.45, 2.75) is 6.42 Å². The third kappa shape index (κ3) is 2.49. The van der Waals surface area contributed by atoms with E-state index < -0.39 is 0 Å². The predicted molar refractivity (Wildman–Crippen MR) is 72.3 cm³/mol. The number of nitrogens with one attached hydrogen (secondary N) is 1. The van der Waals surface area contributed by atoms with Crippen LogP contribution in [0.25, 0.3) is 0 Å². The molecule has 1 amide bonds. The number of hydrogen-bond acceptors (Lipinski definition) is 4. The molecular formula is C12H16N2O2S. The van der Waals surface area contributed by atoms with Gasteiger partial charge in [0, 0.05) is 19.3 Å². The molecule has 1 aliphatic rings. The topological polar surface area (TPSA) is 41.6 Å². The summed E-state index contributed by atoms with van der Waals surface area (Å²) in [6.45, 7) is 0.810. The van der Waals surface area contributed by atoms with E-state index >= 15 is 0 Å². The Labute approximate surface area is 106 Å². The summed E-state index contributed by atoms with van der Waals surface area (Å²) in [4.78, 5) is 13.6. The van der Waals surface area contributed by atoms with Crippen LogP contribution in [0.1, 0.15) is 6.42 Å². The number of nitrogens with zero attached hydrogens (tertiary/aromatic N) is 1. The normalized spacial score (nSPS) is 14.2. The van der Waals surface area contributed by atoms with Crippen LogP contribution in [0.5, 0.6) is 5.75 Å². The van der Waals surface area contributed by atoms with Crippen LogP contribution < -0.4 is 15.0 Å². The molecule has 1 aromatic carbocycles. The van der Waals surface area contributed by atoms with Gasteiger partial charge in [0.15, 0.2) is 6.61 Å². The summed E-state index contributed by atoms with van der Waals surface area (Å²) >= 11 is 4.18. The average Bonchev–Trinajstić information content (AvgIpc) is 2.37. The van der Waals surface area contributed by atoms with E-state index in [0.717, 1.165) is 29.3 Å². The van der Waals surface area contributed by atoms with Crippen molar-refractivity contribution in [3.05, 3.63) is 18.2 Å². The largest absolute Gasteiger partial charge is 0.482 e. The Balaban J connectivity index is 2.31. The zero-order chi connectivity index (χ0) is 12.3. The van der Waals surface area contributed by atoms with Crippen LogP contribution in [0, 0.1) is 0 Å². The van der Waals surface area contributed by atoms with Crippen LogP contribution in [-0.4, -0.2) is 31.9 Å². The molecule has 4 nitrogen and oxygen atoms in total. The molecule has 0 bridgehead atoms. The molecule has 1 heterocycles. The molecule has 1 aromatic rings. The highest BCUT2D eigenvalue weighted by atomic mass is 32.1. The van der Waals surface area contributed by atoms with E-state index in [1.54, 1.807) is 4.90 Å². The van der Waals surface area contributed by atoms with Gasteiger partial charge < -0.3 is 15.0 Å². The highest BCUT2D eigenvalue weighted by Crippen LogP contribution is 2.34. The SMILES string of the molecule is CNc1ccc2c(c1)N(CCCS)C(=O)CO2. The summed E-state index contributed by atoms with van der Waals surface area (Å²) in [5.74, 6) is 1.54. The number of anilines is 2. The van der Waals surface area contributed by atoms with E-state index in [1.165, 1.54) is 0 Å². The molecule has 0 radical (unpaired) electrons. The number of benzene rings is 1. The maximum atomic E-state index is 11.8. The summed E-state index contributed by atoms with van der Waals surface area (Å²) in [6.07, 6.45) is 0.873. The molecule has 0 aromatic heterocycles. The number of amides is 1. The molecule has 2 rings (SSSR count). The van der Waals surface area contributed by atoms with Crippen LogP contribution in [-0.2, 0) is 4.79 Å². The van der Waals surface area contributed by atoms with Crippen LogP contribution >= 0.6 is 12.6 Å². The van der Waals surface area contributed by atoms with Crippen LogP contribution in [0.4, 0.5) is 11.4 Å². The second kappa shape index (κ2) is 5.31. The van der Waals surface area contributed by atoms with Crippen LogP contribution in [0.3, 0.4) is 0 Å². The van der Waals surface area contributed by atoms with Crippen molar-refractivity contribution in [2.24, 2.45) is 0 Å². The fraction of sp³-hybridized carbons (Fsp3) is 0.417. The van der Waals surface area contributed by atoms with Gasteiger partial charge in [-0.25, -0.2) is 0 Å². The molecule has 0 fully saturated rings. The highest BCUT2D eigenvalue weighted by molar-refractivity contribution is 7.80. The number of ether oxygens (including phenoxy) is 1. The number of thiol groups is 1. The van der Waals surface area contributed by atoms with Crippen molar-refractivity contribution in [3.8, 4) is 5.75 Å². The molecule has 1 aliphatic heterocycles. The third-order valence-electron chi connectivity index (χ3n) is 2.73. The van der Waals surface area contributed by atoms with Gasteiger partial charge in [-0.15, -0.1) is 0 Å². The van der Waals surface area contributed by atoms with E-state index in [9.17, 15) is 4.79 Å². The minimum absolute atomic E-state index is 0.00698. The minimum Gasteiger partial charge on any atom is -0.482 e. The third-order valence-corrected chi connectivity index (χ3v) is 3.05. The lowest BCUT2D eigenvalue weighted by molar-refractivity contribution is -0.121. The first-order valence-electron chi connectivity index (χ1n) is 5.62. The van der Waals surface area contributed by atoms with Gasteiger partial charge in [-0.1, -0.05) is 0 Å². The van der Waals surface area contributed by atoms with E-state index in [2.05, 4.69) is 17.9 Å². The average molecular weight is 252 g/mol. The number of rotatable bonds is 4. The first kappa shape index (κ1) is 12.1. The number of hydrogen-bond donors (Lipinski definition) is 2. The van der Waals surface area contributed by atoms with E-state index in [1.807, 2.05) is 25.2 Å². The van der Waals surface area contributed by atoms with Crippen LogP contribution in [0.2, 0.25) is 0 Å². The number of carbonyl (C=O) groups excluding carboxylic acids is 1. The van der Waals surface area contributed by atoms with E-state index in [0.29, 0.717) is 6.54 Å². The zero-order valence-electron chi connectivity index (χ0n) is 9.77. The Bertz CT molecular complexity index is 423. The molecule has 1 N–H and O–H groups in total. The lowest BCUT2D eigenvalue weighted by Gasteiger charge is -2.29. The quantitative estimate of drug-likeness (QED) is 0.803. The Morgan fingerprint density at radius 1 is 1.53 bits per heavy atom. The molecule has 0 unspecified atom stereocenters. The lowest BCUT2D eigenvalue weighted by Crippen LogP contribution is -2.39. The van der Waals surface area contributed by atoms with Gasteiger partial charge in [0.2, 0.25) is 0 Å². The zero-order valence-corrected chi connectivity index (χ0v) is 10.7. The van der Waals surface area contributed by atoms with Gasteiger partial charge >= 0.3 is 0 Å². The molecule has 5 heteroatoms. The predicted octanol–water partition coefficient (Wildman–Crippen LogP) is 1.77. The van der Waals surface area contributed by atoms with E-state index in [4.69, 9.17) is 4.74 Å². The molecule has 0 saturated carbocycles. The molecule has 92 valence electrons. The lowest BCUT2D eigenvalue weighted by atomic mass is 10.2. The molecule has 0 atom stereocenters. The summed E-state index contributed by atoms with van der Waals surface area (Å²) in [5, 5.41) is 3.06. The summed E-state index contributed by atoms with van der Waals surface area (Å²) in [6, 6.07) is 5.76. The maximum absolute atomic E-state index is 11.8. The minimum atomic E-state index is 0.00698. The second-order valence-corrected chi connectivity index (χ2v) is 4.29. The van der Waals surface area contributed by atoms with Gasteiger partial charge in [-0.3, -0.25) is 4.79 Å². The molecule has 0 saturated heterocycles. The first-order valence-corrected chi connectivity index (χ1v) is 6.25. The van der Waals surface area contributed by atoms with Crippen molar-refractivity contribution in [2.75, 3.05) is 36.2 Å². The van der Waals surface area contributed by atoms with Gasteiger partial charge in [-0.2, -0.15) is 12.6 Å². The summed E-state index contributed by atoms with van der Waals surface area (Å²) in [7, 11) is 1.85. The van der Waals surface area contributed by atoms with Crippen molar-refractivity contribution in [1.82, 2.24) is 0 Å². The highest BCUT2D eigenvalue weighted by Gasteiger charge is 2.25. The fourth-order valence-electron chi connectivity index (χ4n) is 1.83. The maximum Gasteiger partial charge on any atom is 0.265 e. The molecule has 17 heavy (non-hydrogen) atoms. The Morgan fingerprint density at radius 3 is 3.06 bits per heavy atom. The fourth-order valence-corrected chi connectivity index (χ4v) is 1.97. The van der Waals surface area contributed by atoms with Crippen LogP contribution in [0.15, 0.2) is 18.2 Å². The van der Waals surface area contributed by atoms with Crippen molar-refractivity contribution >= 4 is 29.9 Å². The standard InChI is InChI=1S/C12H16N2O2S/c1-13-9-3-4-11-10(7-9)14(5-2-6-17)12(15)8-16-11/h3-4,7,13,17H,2,5-6,8H2,1H3. The molecular weight excluding hydrogens is 236 g/mol. The molecule has 0 spiro atoms.